The third-order valence-electron chi connectivity index (χ3n) is 3.44. The molecule has 2 heterocycles. The fourth-order valence-electron chi connectivity index (χ4n) is 2.49. The van der Waals surface area contributed by atoms with Gasteiger partial charge in [0.2, 0.25) is 12.7 Å². The van der Waals surface area contributed by atoms with Crippen molar-refractivity contribution in [3.05, 3.63) is 34.4 Å². The highest BCUT2D eigenvalue weighted by Gasteiger charge is 2.30. The summed E-state index contributed by atoms with van der Waals surface area (Å²) in [5, 5.41) is 12.9. The maximum atomic E-state index is 11.9. The zero-order valence-electron chi connectivity index (χ0n) is 11.5. The third kappa shape index (κ3) is 2.57. The number of amides is 1. The lowest BCUT2D eigenvalue weighted by molar-refractivity contribution is -0.120. The molecule has 5 nitrogen and oxygen atoms in total. The molecule has 2 aliphatic heterocycles. The Labute approximate surface area is 126 Å². The van der Waals surface area contributed by atoms with Crippen molar-refractivity contribution in [2.75, 3.05) is 12.5 Å². The Morgan fingerprint density at radius 3 is 3.00 bits per heavy atom. The van der Waals surface area contributed by atoms with Gasteiger partial charge in [0.15, 0.2) is 11.5 Å². The lowest BCUT2D eigenvalue weighted by Crippen LogP contribution is -2.30. The van der Waals surface area contributed by atoms with E-state index in [-0.39, 0.29) is 25.0 Å². The molecule has 0 unspecified atom stereocenters. The van der Waals surface area contributed by atoms with Gasteiger partial charge < -0.3 is 14.8 Å². The van der Waals surface area contributed by atoms with Crippen molar-refractivity contribution in [3.63, 3.8) is 0 Å². The molecule has 6 heteroatoms. The normalized spacial score (nSPS) is 20.2. The second kappa shape index (κ2) is 5.70. The molecule has 0 fully saturated rings. The topological polar surface area (TPSA) is 71.3 Å². The number of fused-ring (bicyclic) bond motifs is 1. The standard InChI is InChI=1S/C15H14N2O3S/c1-2-21-15-11(7-16)10(6-14(18)17-15)9-3-4-12-13(5-9)20-8-19-12/h3-5,10H,2,6,8H2,1H3,(H,17,18)/t10-/m1/s1. The first-order valence-electron chi connectivity index (χ1n) is 6.69. The number of carbonyl (C=O) groups excluding carboxylic acids is 1. The lowest BCUT2D eigenvalue weighted by Gasteiger charge is -2.25. The molecule has 1 aromatic carbocycles. The highest BCUT2D eigenvalue weighted by atomic mass is 32.2. The van der Waals surface area contributed by atoms with Crippen molar-refractivity contribution in [1.82, 2.24) is 5.32 Å². The van der Waals surface area contributed by atoms with Crippen molar-refractivity contribution in [2.45, 2.75) is 19.3 Å². The van der Waals surface area contributed by atoms with Crippen LogP contribution in [0.5, 0.6) is 11.5 Å². The maximum Gasteiger partial charge on any atom is 0.231 e. The van der Waals surface area contributed by atoms with E-state index in [1.54, 1.807) is 0 Å². The van der Waals surface area contributed by atoms with Crippen LogP contribution in [0.4, 0.5) is 0 Å². The van der Waals surface area contributed by atoms with Crippen LogP contribution in [0.1, 0.15) is 24.8 Å². The zero-order chi connectivity index (χ0) is 14.8. The first-order valence-corrected chi connectivity index (χ1v) is 7.68. The Morgan fingerprint density at radius 1 is 1.43 bits per heavy atom. The van der Waals surface area contributed by atoms with E-state index in [4.69, 9.17) is 9.47 Å². The Kier molecular flexibility index (Phi) is 3.76. The molecule has 1 N–H and O–H groups in total. The summed E-state index contributed by atoms with van der Waals surface area (Å²) in [5.74, 6) is 1.87. The van der Waals surface area contributed by atoms with E-state index in [0.717, 1.165) is 11.3 Å². The Hall–Kier alpha value is -2.13. The van der Waals surface area contributed by atoms with Crippen LogP contribution in [0.3, 0.4) is 0 Å². The Morgan fingerprint density at radius 2 is 2.24 bits per heavy atom. The second-order valence-corrected chi connectivity index (χ2v) is 5.98. The molecule has 0 aliphatic carbocycles. The summed E-state index contributed by atoms with van der Waals surface area (Å²) in [4.78, 5) is 11.9. The Balaban J connectivity index is 2.01. The number of rotatable bonds is 3. The molecular formula is C15H14N2O3S. The van der Waals surface area contributed by atoms with Gasteiger partial charge in [0.05, 0.1) is 16.7 Å². The van der Waals surface area contributed by atoms with Crippen LogP contribution in [0.15, 0.2) is 28.8 Å². The second-order valence-electron chi connectivity index (χ2n) is 4.71. The van der Waals surface area contributed by atoms with Crippen molar-refractivity contribution in [3.8, 4) is 17.6 Å². The van der Waals surface area contributed by atoms with Gasteiger partial charge in [-0.2, -0.15) is 5.26 Å². The fraction of sp³-hybridized carbons (Fsp3) is 0.333. The smallest absolute Gasteiger partial charge is 0.231 e. The molecule has 108 valence electrons. The molecule has 1 aromatic rings. The average molecular weight is 302 g/mol. The van der Waals surface area contributed by atoms with Gasteiger partial charge in [-0.3, -0.25) is 4.79 Å². The van der Waals surface area contributed by atoms with Crippen molar-refractivity contribution in [2.24, 2.45) is 0 Å². The first kappa shape index (κ1) is 13.8. The largest absolute Gasteiger partial charge is 0.454 e. The molecular weight excluding hydrogens is 288 g/mol. The molecule has 1 amide bonds. The number of nitriles is 1. The monoisotopic (exact) mass is 302 g/mol. The van der Waals surface area contributed by atoms with Crippen LogP contribution in [0, 0.1) is 11.3 Å². The molecule has 21 heavy (non-hydrogen) atoms. The molecule has 1 atom stereocenters. The SMILES string of the molecule is CCSC1=C(C#N)[C@@H](c2ccc3c(c2)OCO3)CC(=O)N1. The van der Waals surface area contributed by atoms with Gasteiger partial charge in [0.25, 0.3) is 0 Å². The molecule has 0 spiro atoms. The van der Waals surface area contributed by atoms with Crippen LogP contribution in [-0.2, 0) is 4.79 Å². The number of nitrogens with zero attached hydrogens (tertiary/aromatic N) is 1. The summed E-state index contributed by atoms with van der Waals surface area (Å²) in [7, 11) is 0. The Bertz CT molecular complexity index is 663. The minimum atomic E-state index is -0.229. The van der Waals surface area contributed by atoms with Crippen molar-refractivity contribution < 1.29 is 14.3 Å². The lowest BCUT2D eigenvalue weighted by atomic mass is 9.87. The van der Waals surface area contributed by atoms with Crippen LogP contribution in [0.25, 0.3) is 0 Å². The van der Waals surface area contributed by atoms with Crippen LogP contribution < -0.4 is 14.8 Å². The van der Waals surface area contributed by atoms with Gasteiger partial charge in [-0.1, -0.05) is 13.0 Å². The highest BCUT2D eigenvalue weighted by Crippen LogP contribution is 2.40. The molecule has 0 saturated heterocycles. The number of ether oxygens (including phenoxy) is 2. The van der Waals surface area contributed by atoms with Crippen LogP contribution in [-0.4, -0.2) is 18.5 Å². The number of allylic oxidation sites excluding steroid dienone is 1. The minimum Gasteiger partial charge on any atom is -0.454 e. The van der Waals surface area contributed by atoms with E-state index in [1.165, 1.54) is 11.8 Å². The summed E-state index contributed by atoms with van der Waals surface area (Å²) in [5.41, 5.74) is 1.51. The average Bonchev–Trinajstić information content (AvgIpc) is 2.94. The van der Waals surface area contributed by atoms with Gasteiger partial charge in [-0.15, -0.1) is 11.8 Å². The number of thioether (sulfide) groups is 1. The van der Waals surface area contributed by atoms with E-state index in [0.29, 0.717) is 22.1 Å². The molecule has 3 rings (SSSR count). The van der Waals surface area contributed by atoms with Gasteiger partial charge in [-0.25, -0.2) is 0 Å². The molecule has 0 radical (unpaired) electrons. The number of benzene rings is 1. The van der Waals surface area contributed by atoms with Gasteiger partial charge in [0, 0.05) is 12.3 Å². The predicted octanol–water partition coefficient (Wildman–Crippen LogP) is 2.51. The quantitative estimate of drug-likeness (QED) is 0.929. The summed E-state index contributed by atoms with van der Waals surface area (Å²) < 4.78 is 10.7. The summed E-state index contributed by atoms with van der Waals surface area (Å²) in [6.45, 7) is 2.20. The minimum absolute atomic E-state index is 0.0624. The predicted molar refractivity (Wildman–Crippen MR) is 78.8 cm³/mol. The van der Waals surface area contributed by atoms with E-state index in [1.807, 2.05) is 25.1 Å². The van der Waals surface area contributed by atoms with E-state index >= 15 is 0 Å². The summed E-state index contributed by atoms with van der Waals surface area (Å²) >= 11 is 1.48. The van der Waals surface area contributed by atoms with Crippen LogP contribution in [0.2, 0.25) is 0 Å². The number of hydrogen-bond donors (Lipinski definition) is 1. The fourth-order valence-corrected chi connectivity index (χ4v) is 3.31. The van der Waals surface area contributed by atoms with Crippen molar-refractivity contribution >= 4 is 17.7 Å². The summed E-state index contributed by atoms with van der Waals surface area (Å²) in [6, 6.07) is 7.82. The van der Waals surface area contributed by atoms with Crippen molar-refractivity contribution in [1.29, 1.82) is 5.26 Å². The molecule has 0 aromatic heterocycles. The number of nitrogens with one attached hydrogen (secondary N) is 1. The molecule has 0 bridgehead atoms. The third-order valence-corrected chi connectivity index (χ3v) is 4.34. The van der Waals surface area contributed by atoms with E-state index < -0.39 is 0 Å². The van der Waals surface area contributed by atoms with E-state index in [9.17, 15) is 10.1 Å². The first-order chi connectivity index (χ1) is 10.2. The maximum absolute atomic E-state index is 11.9. The van der Waals surface area contributed by atoms with Gasteiger partial charge in [0.1, 0.15) is 0 Å². The van der Waals surface area contributed by atoms with E-state index in [2.05, 4.69) is 11.4 Å². The van der Waals surface area contributed by atoms with Gasteiger partial charge in [-0.05, 0) is 23.4 Å². The molecule has 2 aliphatic rings. The summed E-state index contributed by atoms with van der Waals surface area (Å²) in [6.07, 6.45) is 0.274. The number of carbonyl (C=O) groups is 1. The highest BCUT2D eigenvalue weighted by molar-refractivity contribution is 8.03. The number of hydrogen-bond acceptors (Lipinski definition) is 5. The van der Waals surface area contributed by atoms with Gasteiger partial charge >= 0.3 is 0 Å². The molecule has 0 saturated carbocycles. The zero-order valence-corrected chi connectivity index (χ0v) is 12.3. The van der Waals surface area contributed by atoms with Crippen LogP contribution >= 0.6 is 11.8 Å².